The number of thiazole rings is 1. The number of guanidine groups is 1. The van der Waals surface area contributed by atoms with Crippen molar-refractivity contribution in [1.82, 2.24) is 19.9 Å². The van der Waals surface area contributed by atoms with Crippen LogP contribution in [0.4, 0.5) is 0 Å². The van der Waals surface area contributed by atoms with E-state index < -0.39 is 10.0 Å². The summed E-state index contributed by atoms with van der Waals surface area (Å²) >= 11 is 3.53. The molecule has 7 nitrogen and oxygen atoms in total. The van der Waals surface area contributed by atoms with Crippen LogP contribution in [0, 0.1) is 0 Å². The largest absolute Gasteiger partial charge is 0.356 e. The average molecular weight is 534 g/mol. The fourth-order valence-electron chi connectivity index (χ4n) is 2.39. The number of aryl methyl sites for hydroxylation is 1. The minimum Gasteiger partial charge on any atom is -0.356 e. The fraction of sp³-hybridized carbons (Fsp3) is 0.733. The number of halogens is 1. The van der Waals surface area contributed by atoms with E-state index in [4.69, 9.17) is 0 Å². The second-order valence-corrected chi connectivity index (χ2v) is 10.1. The van der Waals surface area contributed by atoms with E-state index in [-0.39, 0.29) is 29.7 Å². The zero-order valence-electron chi connectivity index (χ0n) is 15.2. The van der Waals surface area contributed by atoms with Gasteiger partial charge in [-0.25, -0.2) is 17.7 Å². The second kappa shape index (κ2) is 12.4. The van der Waals surface area contributed by atoms with Gasteiger partial charge in [0.1, 0.15) is 0 Å². The van der Waals surface area contributed by atoms with Gasteiger partial charge in [-0.05, 0) is 6.42 Å². The summed E-state index contributed by atoms with van der Waals surface area (Å²) in [6.07, 6.45) is 3.77. The quantitative estimate of drug-likeness (QED) is 0.299. The maximum atomic E-state index is 12.3. The first-order chi connectivity index (χ1) is 12.0. The lowest BCUT2D eigenvalue weighted by Crippen LogP contribution is -2.44. The van der Waals surface area contributed by atoms with Gasteiger partial charge in [-0.2, -0.15) is 11.8 Å². The van der Waals surface area contributed by atoms with E-state index in [1.165, 1.54) is 4.88 Å². The van der Waals surface area contributed by atoms with Gasteiger partial charge in [0.25, 0.3) is 0 Å². The molecule has 0 atom stereocenters. The van der Waals surface area contributed by atoms with Crippen LogP contribution in [0.3, 0.4) is 0 Å². The van der Waals surface area contributed by atoms with Crippen LogP contribution < -0.4 is 10.6 Å². The summed E-state index contributed by atoms with van der Waals surface area (Å²) in [7, 11) is -1.50. The molecule has 0 amide bonds. The van der Waals surface area contributed by atoms with Gasteiger partial charge in [-0.1, -0.05) is 6.92 Å². The van der Waals surface area contributed by atoms with Gasteiger partial charge in [0.2, 0.25) is 10.0 Å². The predicted octanol–water partition coefficient (Wildman–Crippen LogP) is 1.41. The number of aliphatic imine (C=N–C) groups is 1. The molecule has 0 bridgehead atoms. The van der Waals surface area contributed by atoms with Gasteiger partial charge < -0.3 is 10.6 Å². The molecule has 2 rings (SSSR count). The number of hydrogen-bond acceptors (Lipinski definition) is 6. The molecule has 0 spiro atoms. The lowest BCUT2D eigenvalue weighted by Gasteiger charge is -2.25. The minimum atomic E-state index is -3.18. The molecule has 1 aliphatic rings. The van der Waals surface area contributed by atoms with Crippen LogP contribution in [-0.4, -0.2) is 74.2 Å². The normalized spacial score (nSPS) is 16.2. The summed E-state index contributed by atoms with van der Waals surface area (Å²) in [5, 5.41) is 7.39. The molecule has 0 saturated carbocycles. The number of nitrogens with zero attached hydrogens (tertiary/aromatic N) is 3. The summed E-state index contributed by atoms with van der Waals surface area (Å²) in [5.41, 5.74) is 0. The first-order valence-electron chi connectivity index (χ1n) is 8.49. The molecule has 0 aromatic carbocycles. The Kier molecular flexibility index (Phi) is 11.4. The summed E-state index contributed by atoms with van der Waals surface area (Å²) < 4.78 is 26.2. The monoisotopic (exact) mass is 533 g/mol. The van der Waals surface area contributed by atoms with Crippen molar-refractivity contribution in [1.29, 1.82) is 0 Å². The van der Waals surface area contributed by atoms with Crippen LogP contribution in [0.2, 0.25) is 0 Å². The predicted molar refractivity (Wildman–Crippen MR) is 123 cm³/mol. The van der Waals surface area contributed by atoms with Gasteiger partial charge in [0, 0.05) is 62.2 Å². The Morgan fingerprint density at radius 1 is 1.31 bits per heavy atom. The van der Waals surface area contributed by atoms with Gasteiger partial charge in [-0.3, -0.25) is 4.99 Å². The van der Waals surface area contributed by atoms with Crippen molar-refractivity contribution in [2.45, 2.75) is 19.8 Å². The molecule has 1 saturated heterocycles. The first-order valence-corrected chi connectivity index (χ1v) is 12.1. The third-order valence-corrected chi connectivity index (χ3v) is 7.84. The van der Waals surface area contributed by atoms with Crippen LogP contribution in [0.25, 0.3) is 0 Å². The SMILES string of the molecule is CCc1cnc(CCNC(=NC)NCCS(=O)(=O)N2CCSCC2)s1.I. The molecule has 150 valence electrons. The number of nitrogens with one attached hydrogen (secondary N) is 2. The van der Waals surface area contributed by atoms with Crippen molar-refractivity contribution in [3.63, 3.8) is 0 Å². The van der Waals surface area contributed by atoms with E-state index in [0.29, 0.717) is 32.1 Å². The number of sulfonamides is 1. The Hall–Kier alpha value is -0.110. The molecule has 1 fully saturated rings. The molecule has 1 aromatic heterocycles. The molecule has 26 heavy (non-hydrogen) atoms. The van der Waals surface area contributed by atoms with Gasteiger partial charge >= 0.3 is 0 Å². The Morgan fingerprint density at radius 2 is 2.00 bits per heavy atom. The van der Waals surface area contributed by atoms with Crippen molar-refractivity contribution in [3.05, 3.63) is 16.1 Å². The Bertz CT molecular complexity index is 660. The summed E-state index contributed by atoms with van der Waals surface area (Å²) in [6.45, 7) is 4.43. The van der Waals surface area contributed by atoms with Crippen molar-refractivity contribution in [3.8, 4) is 0 Å². The van der Waals surface area contributed by atoms with Crippen LogP contribution in [0.15, 0.2) is 11.2 Å². The third-order valence-electron chi connectivity index (χ3n) is 3.82. The van der Waals surface area contributed by atoms with Gasteiger partial charge in [0.15, 0.2) is 5.96 Å². The zero-order chi connectivity index (χ0) is 18.1. The molecule has 2 heterocycles. The summed E-state index contributed by atoms with van der Waals surface area (Å²) in [4.78, 5) is 9.82. The molecule has 1 aliphatic heterocycles. The molecule has 2 N–H and O–H groups in total. The fourth-order valence-corrected chi connectivity index (χ4v) is 5.74. The van der Waals surface area contributed by atoms with Crippen molar-refractivity contribution >= 4 is 63.1 Å². The highest BCUT2D eigenvalue weighted by molar-refractivity contribution is 14.0. The second-order valence-electron chi connectivity index (χ2n) is 5.58. The minimum absolute atomic E-state index is 0. The van der Waals surface area contributed by atoms with Gasteiger partial charge in [-0.15, -0.1) is 35.3 Å². The topological polar surface area (TPSA) is 86.7 Å². The highest BCUT2D eigenvalue weighted by Crippen LogP contribution is 2.14. The van der Waals surface area contributed by atoms with Crippen molar-refractivity contribution in [2.24, 2.45) is 4.99 Å². The summed E-state index contributed by atoms with van der Waals surface area (Å²) in [5.74, 6) is 2.47. The summed E-state index contributed by atoms with van der Waals surface area (Å²) in [6, 6.07) is 0. The molecule has 11 heteroatoms. The lowest BCUT2D eigenvalue weighted by atomic mass is 10.4. The van der Waals surface area contributed by atoms with E-state index in [1.807, 2.05) is 6.20 Å². The molecular weight excluding hydrogens is 505 g/mol. The highest BCUT2D eigenvalue weighted by atomic mass is 127. The van der Waals surface area contributed by atoms with Crippen molar-refractivity contribution in [2.75, 3.05) is 50.5 Å². The number of hydrogen-bond donors (Lipinski definition) is 2. The molecule has 0 unspecified atom stereocenters. The smallest absolute Gasteiger partial charge is 0.215 e. The molecule has 1 aromatic rings. The molecule has 0 aliphatic carbocycles. The van der Waals surface area contributed by atoms with Crippen LogP contribution in [0.5, 0.6) is 0 Å². The number of thioether (sulfide) groups is 1. The maximum absolute atomic E-state index is 12.3. The van der Waals surface area contributed by atoms with E-state index in [1.54, 1.807) is 34.5 Å². The van der Waals surface area contributed by atoms with Crippen LogP contribution in [-0.2, 0) is 22.9 Å². The first kappa shape index (κ1) is 23.9. The molecule has 0 radical (unpaired) electrons. The Morgan fingerprint density at radius 3 is 2.62 bits per heavy atom. The molecular formula is C15H28IN5O2S3. The standard InChI is InChI=1S/C15H27N5O2S3.HI/c1-3-13-12-19-14(24-13)4-5-17-15(16-2)18-6-11-25(21,22)20-7-9-23-10-8-20;/h12H,3-11H2,1-2H3,(H2,16,17,18);1H. The number of rotatable bonds is 8. The van der Waals surface area contributed by atoms with Crippen molar-refractivity contribution < 1.29 is 8.42 Å². The third kappa shape index (κ3) is 7.87. The average Bonchev–Trinajstić information content (AvgIpc) is 3.09. The zero-order valence-corrected chi connectivity index (χ0v) is 20.0. The Balaban J connectivity index is 0.00000338. The lowest BCUT2D eigenvalue weighted by molar-refractivity contribution is 0.443. The Labute approximate surface area is 181 Å². The number of aromatic nitrogens is 1. The van der Waals surface area contributed by atoms with Crippen LogP contribution in [0.1, 0.15) is 16.8 Å². The van der Waals surface area contributed by atoms with E-state index in [0.717, 1.165) is 29.4 Å². The maximum Gasteiger partial charge on any atom is 0.215 e. The van der Waals surface area contributed by atoms with E-state index in [9.17, 15) is 8.42 Å². The highest BCUT2D eigenvalue weighted by Gasteiger charge is 2.23. The van der Waals surface area contributed by atoms with Crippen LogP contribution >= 0.6 is 47.1 Å². The van der Waals surface area contributed by atoms with Gasteiger partial charge in [0.05, 0.1) is 10.8 Å². The van der Waals surface area contributed by atoms with E-state index >= 15 is 0 Å². The van der Waals surface area contributed by atoms with E-state index in [2.05, 4.69) is 27.5 Å².